The number of fused-ring (bicyclic) bond motifs is 1. The van der Waals surface area contributed by atoms with Crippen LogP contribution < -0.4 is 9.64 Å². The van der Waals surface area contributed by atoms with Crippen LogP contribution >= 0.6 is 0 Å². The summed E-state index contributed by atoms with van der Waals surface area (Å²) in [5.74, 6) is 0.727. The second-order valence-electron chi connectivity index (χ2n) is 7.51. The predicted molar refractivity (Wildman–Crippen MR) is 110 cm³/mol. The molecule has 0 saturated carbocycles. The molecule has 5 nitrogen and oxygen atoms in total. The molecule has 1 fully saturated rings. The van der Waals surface area contributed by atoms with Gasteiger partial charge in [-0.15, -0.1) is 0 Å². The minimum Gasteiger partial charge on any atom is -0.497 e. The molecule has 3 aromatic rings. The maximum absolute atomic E-state index is 13.0. The van der Waals surface area contributed by atoms with Gasteiger partial charge in [-0.25, -0.2) is 0 Å². The first kappa shape index (κ1) is 20.6. The maximum atomic E-state index is 13.0. The minimum absolute atomic E-state index is 0.459. The van der Waals surface area contributed by atoms with Crippen molar-refractivity contribution >= 4 is 16.6 Å². The van der Waals surface area contributed by atoms with E-state index in [1.54, 1.807) is 13.2 Å². The molecule has 30 heavy (non-hydrogen) atoms. The first-order valence-corrected chi connectivity index (χ1v) is 9.83. The van der Waals surface area contributed by atoms with E-state index in [9.17, 15) is 18.3 Å². The predicted octanol–water partition coefficient (Wildman–Crippen LogP) is 4.05. The molecule has 1 unspecified atom stereocenters. The minimum atomic E-state index is -4.34. The van der Waals surface area contributed by atoms with Crippen molar-refractivity contribution in [3.8, 4) is 5.75 Å². The summed E-state index contributed by atoms with van der Waals surface area (Å²) in [6.45, 7) is 3.00. The number of aromatic nitrogens is 1. The summed E-state index contributed by atoms with van der Waals surface area (Å²) in [6.07, 6.45) is -3.21. The van der Waals surface area contributed by atoms with Gasteiger partial charge in [-0.3, -0.25) is 4.90 Å². The second-order valence-corrected chi connectivity index (χ2v) is 7.51. The molecule has 0 amide bonds. The fraction of sp³-hybridized carbons (Fsp3) is 0.364. The molecule has 1 aliphatic heterocycles. The third-order valence-electron chi connectivity index (χ3n) is 5.62. The number of rotatable bonds is 5. The zero-order valence-electron chi connectivity index (χ0n) is 16.6. The van der Waals surface area contributed by atoms with Gasteiger partial charge in [0.15, 0.2) is 0 Å². The van der Waals surface area contributed by atoms with E-state index in [-0.39, 0.29) is 0 Å². The van der Waals surface area contributed by atoms with Crippen LogP contribution in [0.3, 0.4) is 0 Å². The van der Waals surface area contributed by atoms with E-state index >= 15 is 0 Å². The zero-order valence-corrected chi connectivity index (χ0v) is 16.6. The van der Waals surface area contributed by atoms with Gasteiger partial charge < -0.3 is 19.7 Å². The van der Waals surface area contributed by atoms with E-state index in [1.165, 1.54) is 12.1 Å². The molecule has 2 N–H and O–H groups in total. The molecule has 1 saturated heterocycles. The van der Waals surface area contributed by atoms with Crippen molar-refractivity contribution in [3.05, 3.63) is 59.8 Å². The summed E-state index contributed by atoms with van der Waals surface area (Å²) < 4.78 is 44.2. The van der Waals surface area contributed by atoms with Gasteiger partial charge in [-0.2, -0.15) is 13.2 Å². The highest BCUT2D eigenvalue weighted by molar-refractivity contribution is 5.85. The standard InChI is InChI=1S/C22H24F3N3O2/c1-30-17-5-6-20-18(12-17)19(13-26-20)21(29)14-27-7-9-28(10-8-27)16-4-2-3-15(11-16)22(23,24)25/h2-6,11-13,21,26,29H,7-10,14H2,1H3. The highest BCUT2D eigenvalue weighted by Crippen LogP contribution is 2.32. The molecule has 1 aliphatic rings. The number of nitrogens with zero attached hydrogens (tertiary/aromatic N) is 2. The van der Waals surface area contributed by atoms with Gasteiger partial charge in [0.05, 0.1) is 18.8 Å². The number of hydrogen-bond acceptors (Lipinski definition) is 4. The number of aromatic amines is 1. The lowest BCUT2D eigenvalue weighted by Gasteiger charge is -2.37. The average Bonchev–Trinajstić information content (AvgIpc) is 3.17. The number of benzene rings is 2. The number of H-pyrrole nitrogens is 1. The van der Waals surface area contributed by atoms with E-state index in [1.807, 2.05) is 29.3 Å². The monoisotopic (exact) mass is 419 g/mol. The first-order chi connectivity index (χ1) is 14.3. The Balaban J connectivity index is 1.39. The van der Waals surface area contributed by atoms with E-state index in [0.717, 1.165) is 28.3 Å². The number of piperazine rings is 1. The van der Waals surface area contributed by atoms with Crippen LogP contribution in [0.2, 0.25) is 0 Å². The Kier molecular flexibility index (Phi) is 5.62. The summed E-state index contributed by atoms with van der Waals surface area (Å²) in [5, 5.41) is 11.7. The number of β-amino-alcohol motifs (C(OH)–C–C–N with tert-alkyl or cyclic N) is 1. The van der Waals surface area contributed by atoms with Crippen molar-refractivity contribution < 1.29 is 23.0 Å². The quantitative estimate of drug-likeness (QED) is 0.655. The lowest BCUT2D eigenvalue weighted by atomic mass is 10.1. The number of aliphatic hydroxyl groups is 1. The summed E-state index contributed by atoms with van der Waals surface area (Å²) in [5.41, 5.74) is 1.68. The first-order valence-electron chi connectivity index (χ1n) is 9.83. The number of methoxy groups -OCH3 is 1. The van der Waals surface area contributed by atoms with Crippen molar-refractivity contribution in [2.24, 2.45) is 0 Å². The molecule has 0 spiro atoms. The van der Waals surface area contributed by atoms with Crippen LogP contribution in [0.1, 0.15) is 17.2 Å². The van der Waals surface area contributed by atoms with Gasteiger partial charge in [0.25, 0.3) is 0 Å². The van der Waals surface area contributed by atoms with E-state index < -0.39 is 17.8 Å². The number of halogens is 3. The Hall–Kier alpha value is -2.71. The van der Waals surface area contributed by atoms with Crippen molar-refractivity contribution in [3.63, 3.8) is 0 Å². The summed E-state index contributed by atoms with van der Waals surface area (Å²) >= 11 is 0. The molecule has 8 heteroatoms. The molecule has 2 heterocycles. The fourth-order valence-corrected chi connectivity index (χ4v) is 3.93. The Labute approximate surface area is 172 Å². The van der Waals surface area contributed by atoms with Crippen LogP contribution in [0.25, 0.3) is 10.9 Å². The van der Waals surface area contributed by atoms with Crippen LogP contribution in [0.4, 0.5) is 18.9 Å². The Morgan fingerprint density at radius 3 is 2.57 bits per heavy atom. The number of alkyl halides is 3. The van der Waals surface area contributed by atoms with Gasteiger partial charge in [-0.1, -0.05) is 6.07 Å². The molecule has 1 aromatic heterocycles. The normalized spacial score (nSPS) is 16.8. The van der Waals surface area contributed by atoms with E-state index in [2.05, 4.69) is 9.88 Å². The molecule has 4 rings (SSSR count). The van der Waals surface area contributed by atoms with Gasteiger partial charge in [0.2, 0.25) is 0 Å². The van der Waals surface area contributed by atoms with Gasteiger partial charge in [0.1, 0.15) is 5.75 Å². The van der Waals surface area contributed by atoms with Gasteiger partial charge in [0, 0.05) is 61.1 Å². The molecule has 0 bridgehead atoms. The van der Waals surface area contributed by atoms with E-state index in [0.29, 0.717) is 38.4 Å². The fourth-order valence-electron chi connectivity index (χ4n) is 3.93. The van der Waals surface area contributed by atoms with Crippen LogP contribution in [-0.4, -0.2) is 54.8 Å². The Morgan fingerprint density at radius 2 is 1.87 bits per heavy atom. The van der Waals surface area contributed by atoms with Crippen LogP contribution in [0.5, 0.6) is 5.75 Å². The Morgan fingerprint density at radius 1 is 1.10 bits per heavy atom. The highest BCUT2D eigenvalue weighted by atomic mass is 19.4. The number of anilines is 1. The summed E-state index contributed by atoms with van der Waals surface area (Å²) in [7, 11) is 1.60. The van der Waals surface area contributed by atoms with Crippen LogP contribution in [-0.2, 0) is 6.18 Å². The Bertz CT molecular complexity index is 1010. The summed E-state index contributed by atoms with van der Waals surface area (Å²) in [6, 6.07) is 11.1. The molecular formula is C22H24F3N3O2. The zero-order chi connectivity index (χ0) is 21.3. The third-order valence-corrected chi connectivity index (χ3v) is 5.62. The number of hydrogen-bond donors (Lipinski definition) is 2. The second kappa shape index (κ2) is 8.20. The van der Waals surface area contributed by atoms with Gasteiger partial charge in [-0.05, 0) is 36.4 Å². The van der Waals surface area contributed by atoms with Crippen molar-refractivity contribution in [1.82, 2.24) is 9.88 Å². The van der Waals surface area contributed by atoms with Crippen molar-refractivity contribution in [2.45, 2.75) is 12.3 Å². The number of nitrogens with one attached hydrogen (secondary N) is 1. The van der Waals surface area contributed by atoms with Crippen molar-refractivity contribution in [1.29, 1.82) is 0 Å². The van der Waals surface area contributed by atoms with Crippen LogP contribution in [0, 0.1) is 0 Å². The largest absolute Gasteiger partial charge is 0.497 e. The molecular weight excluding hydrogens is 395 g/mol. The lowest BCUT2D eigenvalue weighted by molar-refractivity contribution is -0.137. The smallest absolute Gasteiger partial charge is 0.416 e. The van der Waals surface area contributed by atoms with Crippen molar-refractivity contribution in [2.75, 3.05) is 44.7 Å². The van der Waals surface area contributed by atoms with Crippen LogP contribution in [0.15, 0.2) is 48.7 Å². The molecule has 0 aliphatic carbocycles. The SMILES string of the molecule is COc1ccc2[nH]cc(C(O)CN3CCN(c4cccc(C(F)(F)F)c4)CC3)c2c1. The maximum Gasteiger partial charge on any atom is 0.416 e. The molecule has 160 valence electrons. The molecule has 1 atom stereocenters. The number of ether oxygens (including phenoxy) is 1. The van der Waals surface area contributed by atoms with Gasteiger partial charge >= 0.3 is 6.18 Å². The molecule has 2 aromatic carbocycles. The average molecular weight is 419 g/mol. The topological polar surface area (TPSA) is 51.7 Å². The number of aliphatic hydroxyl groups excluding tert-OH is 1. The van der Waals surface area contributed by atoms with E-state index in [4.69, 9.17) is 4.74 Å². The molecule has 0 radical (unpaired) electrons. The third kappa shape index (κ3) is 4.24. The highest BCUT2D eigenvalue weighted by Gasteiger charge is 2.31. The summed E-state index contributed by atoms with van der Waals surface area (Å²) in [4.78, 5) is 7.26. The lowest BCUT2D eigenvalue weighted by Crippen LogP contribution is -2.47.